The highest BCUT2D eigenvalue weighted by atomic mass is 127. The number of nitrogens with zero attached hydrogens (tertiary/aromatic N) is 2. The van der Waals surface area contributed by atoms with Crippen LogP contribution in [0.2, 0.25) is 0 Å². The van der Waals surface area contributed by atoms with Crippen molar-refractivity contribution in [1.82, 2.24) is 15.6 Å². The van der Waals surface area contributed by atoms with Crippen molar-refractivity contribution in [2.75, 3.05) is 30.9 Å². The maximum atomic E-state index is 11.9. The molecule has 1 aromatic heterocycles. The highest BCUT2D eigenvalue weighted by Crippen LogP contribution is 2.04. The van der Waals surface area contributed by atoms with Gasteiger partial charge in [-0.3, -0.25) is 9.79 Å². The van der Waals surface area contributed by atoms with E-state index in [1.165, 1.54) is 6.26 Å². The predicted molar refractivity (Wildman–Crippen MR) is 116 cm³/mol. The van der Waals surface area contributed by atoms with Crippen molar-refractivity contribution in [3.05, 3.63) is 23.9 Å². The summed E-state index contributed by atoms with van der Waals surface area (Å²) in [6, 6.07) is 3.58. The third-order valence-electron chi connectivity index (χ3n) is 3.35. The zero-order valence-electron chi connectivity index (χ0n) is 15.6. The first-order valence-corrected chi connectivity index (χ1v) is 10.1. The van der Waals surface area contributed by atoms with Crippen molar-refractivity contribution in [1.29, 1.82) is 0 Å². The molecule has 0 aromatic carbocycles. The maximum absolute atomic E-state index is 11.9. The van der Waals surface area contributed by atoms with Gasteiger partial charge in [0.2, 0.25) is 5.91 Å². The number of halogens is 1. The lowest BCUT2D eigenvalue weighted by molar-refractivity contribution is -0.116. The summed E-state index contributed by atoms with van der Waals surface area (Å²) in [7, 11) is -1.36. The van der Waals surface area contributed by atoms with Crippen LogP contribution in [0.3, 0.4) is 0 Å². The molecule has 0 spiro atoms. The fourth-order valence-corrected chi connectivity index (χ4v) is 2.71. The fourth-order valence-electron chi connectivity index (χ4n) is 1.93. The van der Waals surface area contributed by atoms with E-state index >= 15 is 0 Å². The number of carbonyl (C=O) groups excluding carboxylic acids is 1. The molecule has 1 aromatic rings. The molecule has 1 unspecified atom stereocenters. The van der Waals surface area contributed by atoms with Gasteiger partial charge in [-0.2, -0.15) is 0 Å². The molecular formula is C16H28IN5O3S. The molecule has 0 aliphatic carbocycles. The van der Waals surface area contributed by atoms with Crippen molar-refractivity contribution in [3.8, 4) is 0 Å². The number of guanidine groups is 1. The van der Waals surface area contributed by atoms with E-state index in [2.05, 4.69) is 25.9 Å². The van der Waals surface area contributed by atoms with Crippen LogP contribution in [0.1, 0.15) is 25.3 Å². The van der Waals surface area contributed by atoms with Crippen LogP contribution >= 0.6 is 24.0 Å². The molecule has 0 fully saturated rings. The summed E-state index contributed by atoms with van der Waals surface area (Å²) < 4.78 is 22.4. The Morgan fingerprint density at radius 2 is 2.04 bits per heavy atom. The average molecular weight is 497 g/mol. The van der Waals surface area contributed by atoms with E-state index < -0.39 is 9.84 Å². The van der Waals surface area contributed by atoms with Gasteiger partial charge in [0.15, 0.2) is 5.96 Å². The third-order valence-corrected chi connectivity index (χ3v) is 4.33. The predicted octanol–water partition coefficient (Wildman–Crippen LogP) is 1.32. The van der Waals surface area contributed by atoms with Gasteiger partial charge in [-0.1, -0.05) is 6.07 Å². The van der Waals surface area contributed by atoms with Crippen molar-refractivity contribution in [3.63, 3.8) is 0 Å². The van der Waals surface area contributed by atoms with E-state index in [1.807, 2.05) is 19.9 Å². The van der Waals surface area contributed by atoms with Gasteiger partial charge in [0, 0.05) is 38.5 Å². The normalized spacial score (nSPS) is 12.7. The van der Waals surface area contributed by atoms with Crippen LogP contribution in [0.25, 0.3) is 0 Å². The number of amides is 1. The Balaban J connectivity index is 0.00000625. The second-order valence-corrected chi connectivity index (χ2v) is 8.24. The summed E-state index contributed by atoms with van der Waals surface area (Å²) in [6.07, 6.45) is 3.65. The van der Waals surface area contributed by atoms with Crippen LogP contribution in [0, 0.1) is 6.92 Å². The maximum Gasteiger partial charge on any atom is 0.227 e. The Morgan fingerprint density at radius 3 is 2.58 bits per heavy atom. The quantitative estimate of drug-likeness (QED) is 0.284. The number of hydrogen-bond acceptors (Lipinski definition) is 5. The minimum atomic E-state index is -2.98. The molecule has 0 radical (unpaired) electrons. The summed E-state index contributed by atoms with van der Waals surface area (Å²) in [6.45, 7) is 4.21. The third kappa shape index (κ3) is 11.2. The van der Waals surface area contributed by atoms with Gasteiger partial charge in [0.25, 0.3) is 0 Å². The summed E-state index contributed by atoms with van der Waals surface area (Å²) >= 11 is 0. The first kappa shape index (κ1) is 24.6. The average Bonchev–Trinajstić information content (AvgIpc) is 2.53. The molecule has 1 amide bonds. The lowest BCUT2D eigenvalue weighted by atomic mass is 10.3. The highest BCUT2D eigenvalue weighted by molar-refractivity contribution is 14.0. The largest absolute Gasteiger partial charge is 0.356 e. The molecule has 8 nitrogen and oxygen atoms in total. The van der Waals surface area contributed by atoms with Crippen LogP contribution in [0.4, 0.5) is 5.82 Å². The Bertz CT molecular complexity index is 692. The lowest BCUT2D eigenvalue weighted by Crippen LogP contribution is -2.43. The fraction of sp³-hybridized carbons (Fsp3) is 0.562. The number of pyridine rings is 1. The molecule has 1 rings (SSSR count). The van der Waals surface area contributed by atoms with Gasteiger partial charge in [-0.15, -0.1) is 24.0 Å². The van der Waals surface area contributed by atoms with Crippen LogP contribution < -0.4 is 16.0 Å². The van der Waals surface area contributed by atoms with Crippen molar-refractivity contribution < 1.29 is 13.2 Å². The zero-order valence-corrected chi connectivity index (χ0v) is 18.7. The number of aryl methyl sites for hydroxylation is 1. The van der Waals surface area contributed by atoms with E-state index in [0.29, 0.717) is 24.7 Å². The van der Waals surface area contributed by atoms with Crippen LogP contribution in [0.15, 0.2) is 23.3 Å². The lowest BCUT2D eigenvalue weighted by Gasteiger charge is -2.17. The van der Waals surface area contributed by atoms with E-state index in [1.54, 1.807) is 19.3 Å². The molecule has 26 heavy (non-hydrogen) atoms. The van der Waals surface area contributed by atoms with Crippen LogP contribution in [-0.2, 0) is 14.6 Å². The molecule has 1 atom stereocenters. The van der Waals surface area contributed by atoms with Crippen LogP contribution in [-0.4, -0.2) is 56.9 Å². The molecule has 10 heteroatoms. The first-order chi connectivity index (χ1) is 11.7. The molecular weight excluding hydrogens is 469 g/mol. The first-order valence-electron chi connectivity index (χ1n) is 8.07. The number of aliphatic imine (C=N–C) groups is 1. The SMILES string of the molecule is CN=C(NCCC(=O)Nc1ccc(C)cn1)NC(C)CCS(C)(=O)=O.I. The number of rotatable bonds is 8. The van der Waals surface area contributed by atoms with Gasteiger partial charge in [0.05, 0.1) is 5.75 Å². The van der Waals surface area contributed by atoms with E-state index in [4.69, 9.17) is 0 Å². The molecule has 0 saturated heterocycles. The van der Waals surface area contributed by atoms with Gasteiger partial charge in [0.1, 0.15) is 15.7 Å². The summed E-state index contributed by atoms with van der Waals surface area (Å²) in [5.41, 5.74) is 1.03. The highest BCUT2D eigenvalue weighted by Gasteiger charge is 2.10. The number of hydrogen-bond donors (Lipinski definition) is 3. The monoisotopic (exact) mass is 497 g/mol. The standard InChI is InChI=1S/C16H27N5O3S.HI/c1-12-5-6-14(19-11-12)21-15(22)7-9-18-16(17-3)20-13(2)8-10-25(4,23)24;/h5-6,11,13H,7-10H2,1-4H3,(H2,17,18,20)(H,19,21,22);1H. The Kier molecular flexibility index (Phi) is 11.4. The summed E-state index contributed by atoms with van der Waals surface area (Å²) in [5.74, 6) is 1.02. The topological polar surface area (TPSA) is 113 Å². The minimum Gasteiger partial charge on any atom is -0.356 e. The summed E-state index contributed by atoms with van der Waals surface area (Å²) in [5, 5.41) is 8.85. The van der Waals surface area contributed by atoms with E-state index in [0.717, 1.165) is 5.56 Å². The van der Waals surface area contributed by atoms with Gasteiger partial charge < -0.3 is 16.0 Å². The molecule has 0 bridgehead atoms. The van der Waals surface area contributed by atoms with Gasteiger partial charge in [-0.05, 0) is 31.9 Å². The number of anilines is 1. The number of aromatic nitrogens is 1. The molecule has 148 valence electrons. The van der Waals surface area contributed by atoms with Gasteiger partial charge >= 0.3 is 0 Å². The molecule has 0 saturated carbocycles. The molecule has 0 aliphatic heterocycles. The van der Waals surface area contributed by atoms with Crippen LogP contribution in [0.5, 0.6) is 0 Å². The smallest absolute Gasteiger partial charge is 0.227 e. The molecule has 3 N–H and O–H groups in total. The van der Waals surface area contributed by atoms with E-state index in [-0.39, 0.29) is 48.1 Å². The second-order valence-electron chi connectivity index (χ2n) is 5.98. The second kappa shape index (κ2) is 12.0. The molecule has 0 aliphatic rings. The number of sulfone groups is 1. The van der Waals surface area contributed by atoms with Gasteiger partial charge in [-0.25, -0.2) is 13.4 Å². The molecule has 1 heterocycles. The minimum absolute atomic E-state index is 0. The zero-order chi connectivity index (χ0) is 18.9. The number of nitrogens with one attached hydrogen (secondary N) is 3. The Morgan fingerprint density at radius 1 is 1.35 bits per heavy atom. The van der Waals surface area contributed by atoms with Crippen molar-refractivity contribution >= 4 is 51.5 Å². The summed E-state index contributed by atoms with van der Waals surface area (Å²) in [4.78, 5) is 20.1. The van der Waals surface area contributed by atoms with E-state index in [9.17, 15) is 13.2 Å². The van der Waals surface area contributed by atoms with Crippen molar-refractivity contribution in [2.45, 2.75) is 32.7 Å². The number of carbonyl (C=O) groups is 1. The van der Waals surface area contributed by atoms with Crippen molar-refractivity contribution in [2.24, 2.45) is 4.99 Å². The Hall–Kier alpha value is -1.43. The Labute approximate surface area is 172 Å².